The van der Waals surface area contributed by atoms with Crippen molar-refractivity contribution >= 4 is 28.3 Å². The van der Waals surface area contributed by atoms with Crippen molar-refractivity contribution in [3.8, 4) is 11.3 Å². The van der Waals surface area contributed by atoms with Crippen molar-refractivity contribution in [2.24, 2.45) is 0 Å². The minimum Gasteiger partial charge on any atom is -0.306 e. The number of hydrogen-bond acceptors (Lipinski definition) is 6. The molecule has 4 aromatic rings. The van der Waals surface area contributed by atoms with Crippen LogP contribution in [0.4, 0.5) is 11.5 Å². The van der Waals surface area contributed by atoms with Gasteiger partial charge in [-0.15, -0.1) is 0 Å². The molecule has 0 aliphatic heterocycles. The summed E-state index contributed by atoms with van der Waals surface area (Å²) in [6.45, 7) is 0. The molecule has 0 radical (unpaired) electrons. The Morgan fingerprint density at radius 3 is 2.54 bits per heavy atom. The lowest BCUT2D eigenvalue weighted by Crippen LogP contribution is -2.13. The maximum absolute atomic E-state index is 12.7. The number of anilines is 1. The van der Waals surface area contributed by atoms with Crippen molar-refractivity contribution in [2.75, 3.05) is 5.32 Å². The number of non-ortho nitro benzene ring substituents is 1. The third-order valence-corrected chi connectivity index (χ3v) is 4.18. The molecule has 4 rings (SSSR count). The maximum atomic E-state index is 12.7. The molecule has 1 amide bonds. The lowest BCUT2D eigenvalue weighted by Gasteiger charge is -2.08. The van der Waals surface area contributed by atoms with E-state index in [4.69, 9.17) is 0 Å². The number of nitro groups is 1. The molecule has 0 saturated heterocycles. The first-order valence-electron chi connectivity index (χ1n) is 8.34. The predicted molar refractivity (Wildman–Crippen MR) is 104 cm³/mol. The number of amides is 1. The summed E-state index contributed by atoms with van der Waals surface area (Å²) in [5.74, 6) is 0.0150. The van der Waals surface area contributed by atoms with Crippen LogP contribution in [0, 0.1) is 10.1 Å². The number of fused-ring (bicyclic) bond motifs is 1. The average molecular weight is 371 g/mol. The summed E-state index contributed by atoms with van der Waals surface area (Å²) in [5.41, 5.74) is 2.43. The molecule has 0 spiro atoms. The third kappa shape index (κ3) is 3.38. The molecule has 28 heavy (non-hydrogen) atoms. The highest BCUT2D eigenvalue weighted by Gasteiger charge is 2.12. The molecule has 0 bridgehead atoms. The smallest absolute Gasteiger partial charge is 0.269 e. The number of para-hydroxylation sites is 1. The van der Waals surface area contributed by atoms with Gasteiger partial charge in [-0.3, -0.25) is 19.9 Å². The maximum Gasteiger partial charge on any atom is 0.269 e. The SMILES string of the molecule is O=C(Nc1cc(-c2ccc([N+](=O)[O-])cc2)ncn1)c1ccnc2ccccc12. The van der Waals surface area contributed by atoms with Gasteiger partial charge in [0, 0.05) is 35.3 Å². The van der Waals surface area contributed by atoms with Gasteiger partial charge in [0.2, 0.25) is 0 Å². The molecular formula is C20H13N5O3. The molecule has 0 fully saturated rings. The molecule has 0 aliphatic rings. The van der Waals surface area contributed by atoms with Gasteiger partial charge in [0.1, 0.15) is 12.1 Å². The number of nitrogens with zero attached hydrogens (tertiary/aromatic N) is 4. The molecule has 8 nitrogen and oxygen atoms in total. The molecule has 0 saturated carbocycles. The quantitative estimate of drug-likeness (QED) is 0.431. The van der Waals surface area contributed by atoms with Crippen LogP contribution < -0.4 is 5.32 Å². The zero-order valence-electron chi connectivity index (χ0n) is 14.4. The average Bonchev–Trinajstić information content (AvgIpc) is 2.73. The molecule has 0 aliphatic carbocycles. The fraction of sp³-hybridized carbons (Fsp3) is 0. The Labute approximate surface area is 159 Å². The standard InChI is InChI=1S/C20H13N5O3/c26-20(16-9-10-21-17-4-2-1-3-15(16)17)24-19-11-18(22-12-23-19)13-5-7-14(8-6-13)25(27)28/h1-12H,(H,22,23,24,26). The van der Waals surface area contributed by atoms with Gasteiger partial charge in [0.25, 0.3) is 11.6 Å². The van der Waals surface area contributed by atoms with Crippen LogP contribution >= 0.6 is 0 Å². The van der Waals surface area contributed by atoms with Crippen molar-refractivity contribution in [3.63, 3.8) is 0 Å². The first-order chi connectivity index (χ1) is 13.6. The summed E-state index contributed by atoms with van der Waals surface area (Å²) >= 11 is 0. The van der Waals surface area contributed by atoms with Gasteiger partial charge in [-0.25, -0.2) is 9.97 Å². The van der Waals surface area contributed by atoms with Gasteiger partial charge >= 0.3 is 0 Å². The number of rotatable bonds is 4. The summed E-state index contributed by atoms with van der Waals surface area (Å²) in [6.07, 6.45) is 2.91. The number of benzene rings is 2. The summed E-state index contributed by atoms with van der Waals surface area (Å²) in [4.78, 5) is 35.5. The molecule has 2 heterocycles. The largest absolute Gasteiger partial charge is 0.306 e. The number of nitro benzene ring substituents is 1. The van der Waals surface area contributed by atoms with Gasteiger partial charge < -0.3 is 5.32 Å². The van der Waals surface area contributed by atoms with Crippen LogP contribution in [0.2, 0.25) is 0 Å². The topological polar surface area (TPSA) is 111 Å². The number of aromatic nitrogens is 3. The Balaban J connectivity index is 1.61. The van der Waals surface area contributed by atoms with Crippen molar-refractivity contribution < 1.29 is 9.72 Å². The fourth-order valence-corrected chi connectivity index (χ4v) is 2.81. The monoisotopic (exact) mass is 371 g/mol. The van der Waals surface area contributed by atoms with E-state index in [1.165, 1.54) is 18.5 Å². The Kier molecular flexibility index (Phi) is 4.43. The van der Waals surface area contributed by atoms with Gasteiger partial charge in [-0.2, -0.15) is 0 Å². The lowest BCUT2D eigenvalue weighted by atomic mass is 10.1. The summed E-state index contributed by atoms with van der Waals surface area (Å²) in [6, 6.07) is 16.6. The molecule has 136 valence electrons. The van der Waals surface area contributed by atoms with E-state index in [9.17, 15) is 14.9 Å². The fourth-order valence-electron chi connectivity index (χ4n) is 2.81. The van der Waals surface area contributed by atoms with Crippen LogP contribution in [0.5, 0.6) is 0 Å². The molecule has 0 atom stereocenters. The van der Waals surface area contributed by atoms with E-state index < -0.39 is 4.92 Å². The van der Waals surface area contributed by atoms with Gasteiger partial charge in [0.15, 0.2) is 0 Å². The van der Waals surface area contributed by atoms with E-state index in [1.807, 2.05) is 24.3 Å². The van der Waals surface area contributed by atoms with Crippen LogP contribution in [-0.4, -0.2) is 25.8 Å². The zero-order chi connectivity index (χ0) is 19.5. The molecule has 2 aromatic carbocycles. The number of carbonyl (C=O) groups excluding carboxylic acids is 1. The van der Waals surface area contributed by atoms with Gasteiger partial charge in [-0.1, -0.05) is 18.2 Å². The Hall–Kier alpha value is -4.20. The second kappa shape index (κ2) is 7.20. The van der Waals surface area contributed by atoms with Crippen LogP contribution in [0.3, 0.4) is 0 Å². The molecule has 8 heteroatoms. The third-order valence-electron chi connectivity index (χ3n) is 4.18. The second-order valence-corrected chi connectivity index (χ2v) is 5.92. The number of hydrogen-bond donors (Lipinski definition) is 1. The van der Waals surface area contributed by atoms with Crippen LogP contribution in [0.25, 0.3) is 22.2 Å². The van der Waals surface area contributed by atoms with Crippen molar-refractivity contribution in [1.82, 2.24) is 15.0 Å². The van der Waals surface area contributed by atoms with E-state index >= 15 is 0 Å². The van der Waals surface area contributed by atoms with E-state index in [1.54, 1.807) is 30.5 Å². The highest BCUT2D eigenvalue weighted by atomic mass is 16.6. The molecule has 0 unspecified atom stereocenters. The Morgan fingerprint density at radius 1 is 0.964 bits per heavy atom. The normalized spacial score (nSPS) is 10.6. The van der Waals surface area contributed by atoms with Crippen molar-refractivity contribution in [1.29, 1.82) is 0 Å². The van der Waals surface area contributed by atoms with E-state index in [0.717, 1.165) is 10.9 Å². The zero-order valence-corrected chi connectivity index (χ0v) is 14.4. The summed E-state index contributed by atoms with van der Waals surface area (Å²) in [5, 5.41) is 14.3. The predicted octanol–water partition coefficient (Wildman–Crippen LogP) is 3.85. The Bertz CT molecular complexity index is 1190. The van der Waals surface area contributed by atoms with Crippen LogP contribution in [0.1, 0.15) is 10.4 Å². The first-order valence-corrected chi connectivity index (χ1v) is 8.34. The van der Waals surface area contributed by atoms with Gasteiger partial charge in [-0.05, 0) is 24.3 Å². The second-order valence-electron chi connectivity index (χ2n) is 5.92. The highest BCUT2D eigenvalue weighted by Crippen LogP contribution is 2.23. The Morgan fingerprint density at radius 2 is 1.75 bits per heavy atom. The van der Waals surface area contributed by atoms with Crippen LogP contribution in [-0.2, 0) is 0 Å². The minimum absolute atomic E-state index is 0.00380. The number of carbonyl (C=O) groups is 1. The van der Waals surface area contributed by atoms with E-state index in [0.29, 0.717) is 22.6 Å². The summed E-state index contributed by atoms with van der Waals surface area (Å²) < 4.78 is 0. The summed E-state index contributed by atoms with van der Waals surface area (Å²) in [7, 11) is 0. The minimum atomic E-state index is -0.464. The number of pyridine rings is 1. The van der Waals surface area contributed by atoms with Crippen molar-refractivity contribution in [3.05, 3.63) is 88.9 Å². The van der Waals surface area contributed by atoms with E-state index in [-0.39, 0.29) is 11.6 Å². The van der Waals surface area contributed by atoms with Crippen LogP contribution in [0.15, 0.2) is 73.2 Å². The lowest BCUT2D eigenvalue weighted by molar-refractivity contribution is -0.384. The number of nitrogens with one attached hydrogen (secondary N) is 1. The van der Waals surface area contributed by atoms with Crippen molar-refractivity contribution in [2.45, 2.75) is 0 Å². The van der Waals surface area contributed by atoms with Gasteiger partial charge in [0.05, 0.1) is 21.7 Å². The molecule has 1 N–H and O–H groups in total. The molecular weight excluding hydrogens is 358 g/mol. The molecule has 2 aromatic heterocycles. The van der Waals surface area contributed by atoms with E-state index in [2.05, 4.69) is 20.3 Å². The highest BCUT2D eigenvalue weighted by molar-refractivity contribution is 6.12. The first kappa shape index (κ1) is 17.2.